The average Bonchev–Trinajstić information content (AvgIpc) is 2.69. The van der Waals surface area contributed by atoms with E-state index in [1.54, 1.807) is 12.1 Å². The van der Waals surface area contributed by atoms with Gasteiger partial charge >= 0.3 is 0 Å². The smallest absolute Gasteiger partial charge is 0.240 e. The molecule has 0 amide bonds. The van der Waals surface area contributed by atoms with E-state index in [0.717, 1.165) is 31.9 Å². The number of halogens is 1. The summed E-state index contributed by atoms with van der Waals surface area (Å²) in [5, 5.41) is 0. The highest BCUT2D eigenvalue weighted by atomic mass is 32.2. The Bertz CT molecular complexity index is 907. The van der Waals surface area contributed by atoms with Crippen LogP contribution in [0.3, 0.4) is 0 Å². The Morgan fingerprint density at radius 1 is 1.00 bits per heavy atom. The van der Waals surface area contributed by atoms with Crippen molar-refractivity contribution >= 4 is 21.5 Å². The van der Waals surface area contributed by atoms with Gasteiger partial charge < -0.3 is 4.90 Å². The highest BCUT2D eigenvalue weighted by Gasteiger charge is 2.19. The lowest BCUT2D eigenvalue weighted by atomic mass is 10.2. The second-order valence-electron chi connectivity index (χ2n) is 6.78. The first-order valence-corrected chi connectivity index (χ1v) is 10.7. The molecule has 0 aliphatic carbocycles. The molecule has 2 aromatic carbocycles. The summed E-state index contributed by atoms with van der Waals surface area (Å²) < 4.78 is 40.4. The van der Waals surface area contributed by atoms with E-state index in [0.29, 0.717) is 18.7 Å². The Kier molecular flexibility index (Phi) is 6.43. The number of rotatable bonds is 7. The van der Waals surface area contributed by atoms with Crippen LogP contribution >= 0.6 is 0 Å². The third kappa shape index (κ3) is 5.15. The SMILES string of the molecule is CC(=O)c1ccc(S(=O)(=O)NCCN2CCN(c3ccc(F)cc3)CC2)cc1. The molecule has 0 bridgehead atoms. The summed E-state index contributed by atoms with van der Waals surface area (Å²) >= 11 is 0. The van der Waals surface area contributed by atoms with Crippen molar-refractivity contribution in [3.63, 3.8) is 0 Å². The average molecular weight is 405 g/mol. The van der Waals surface area contributed by atoms with Gasteiger partial charge in [-0.25, -0.2) is 17.5 Å². The van der Waals surface area contributed by atoms with Crippen LogP contribution in [0.25, 0.3) is 0 Å². The van der Waals surface area contributed by atoms with Gasteiger partial charge in [-0.05, 0) is 43.3 Å². The zero-order valence-corrected chi connectivity index (χ0v) is 16.6. The lowest BCUT2D eigenvalue weighted by Gasteiger charge is -2.36. The summed E-state index contributed by atoms with van der Waals surface area (Å²) in [6, 6.07) is 12.4. The van der Waals surface area contributed by atoms with E-state index in [2.05, 4.69) is 14.5 Å². The molecule has 1 N–H and O–H groups in total. The number of sulfonamides is 1. The van der Waals surface area contributed by atoms with Crippen molar-refractivity contribution in [3.8, 4) is 0 Å². The topological polar surface area (TPSA) is 69.7 Å². The predicted octanol–water partition coefficient (Wildman–Crippen LogP) is 2.13. The quantitative estimate of drug-likeness (QED) is 0.715. The molecule has 2 aromatic rings. The van der Waals surface area contributed by atoms with Crippen molar-refractivity contribution in [2.75, 3.05) is 44.2 Å². The molecule has 8 heteroatoms. The maximum Gasteiger partial charge on any atom is 0.240 e. The number of carbonyl (C=O) groups is 1. The minimum atomic E-state index is -3.60. The second-order valence-corrected chi connectivity index (χ2v) is 8.55. The zero-order chi connectivity index (χ0) is 20.1. The van der Waals surface area contributed by atoms with Crippen LogP contribution in [-0.4, -0.2) is 58.4 Å². The normalized spacial score (nSPS) is 15.6. The third-order valence-corrected chi connectivity index (χ3v) is 6.33. The molecule has 28 heavy (non-hydrogen) atoms. The number of piperazine rings is 1. The number of nitrogens with zero attached hydrogens (tertiary/aromatic N) is 2. The van der Waals surface area contributed by atoms with Crippen LogP contribution in [0.2, 0.25) is 0 Å². The number of ketones is 1. The summed E-state index contributed by atoms with van der Waals surface area (Å²) in [6.45, 7) is 5.61. The number of anilines is 1. The van der Waals surface area contributed by atoms with Gasteiger partial charge in [0.15, 0.2) is 5.78 Å². The lowest BCUT2D eigenvalue weighted by Crippen LogP contribution is -2.48. The molecule has 1 fully saturated rings. The first kappa shape index (κ1) is 20.4. The Morgan fingerprint density at radius 2 is 1.61 bits per heavy atom. The molecule has 1 heterocycles. The molecule has 6 nitrogen and oxygen atoms in total. The van der Waals surface area contributed by atoms with Gasteiger partial charge in [0.05, 0.1) is 4.90 Å². The highest BCUT2D eigenvalue weighted by molar-refractivity contribution is 7.89. The molecule has 150 valence electrons. The largest absolute Gasteiger partial charge is 0.369 e. The van der Waals surface area contributed by atoms with Crippen LogP contribution in [0.4, 0.5) is 10.1 Å². The number of nitrogens with one attached hydrogen (secondary N) is 1. The van der Waals surface area contributed by atoms with E-state index in [-0.39, 0.29) is 16.5 Å². The number of hydrogen-bond acceptors (Lipinski definition) is 5. The molecule has 0 aromatic heterocycles. The van der Waals surface area contributed by atoms with Gasteiger partial charge in [-0.15, -0.1) is 0 Å². The Hall–Kier alpha value is -2.29. The molecule has 1 aliphatic rings. The number of benzene rings is 2. The first-order chi connectivity index (χ1) is 13.3. The standard InChI is InChI=1S/C20H24FN3O3S/c1-16(25)17-2-8-20(9-3-17)28(26,27)22-10-11-23-12-14-24(15-13-23)19-6-4-18(21)5-7-19/h2-9,22H,10-15H2,1H3. The maximum atomic E-state index is 13.0. The minimum Gasteiger partial charge on any atom is -0.369 e. The van der Waals surface area contributed by atoms with E-state index in [4.69, 9.17) is 0 Å². The summed E-state index contributed by atoms with van der Waals surface area (Å²) in [4.78, 5) is 15.8. The Labute approximate surface area is 165 Å². The summed E-state index contributed by atoms with van der Waals surface area (Å²) in [5.74, 6) is -0.345. The molecule has 0 spiro atoms. The molecular formula is C20H24FN3O3S. The highest BCUT2D eigenvalue weighted by Crippen LogP contribution is 2.17. The fourth-order valence-electron chi connectivity index (χ4n) is 3.17. The van der Waals surface area contributed by atoms with Crippen LogP contribution in [0.1, 0.15) is 17.3 Å². The van der Waals surface area contributed by atoms with Crippen molar-refractivity contribution in [2.45, 2.75) is 11.8 Å². The summed E-state index contributed by atoms with van der Waals surface area (Å²) in [7, 11) is -3.60. The van der Waals surface area contributed by atoms with Gasteiger partial charge in [-0.2, -0.15) is 0 Å². The van der Waals surface area contributed by atoms with Gasteiger partial charge in [0.1, 0.15) is 5.82 Å². The van der Waals surface area contributed by atoms with Gasteiger partial charge in [0.2, 0.25) is 10.0 Å². The molecule has 0 atom stereocenters. The van der Waals surface area contributed by atoms with Crippen LogP contribution < -0.4 is 9.62 Å². The second kappa shape index (κ2) is 8.81. The van der Waals surface area contributed by atoms with Crippen LogP contribution in [0, 0.1) is 5.82 Å². The Balaban J connectivity index is 1.46. The van der Waals surface area contributed by atoms with E-state index in [9.17, 15) is 17.6 Å². The van der Waals surface area contributed by atoms with Crippen LogP contribution in [0.15, 0.2) is 53.4 Å². The van der Waals surface area contributed by atoms with Gasteiger partial charge in [0.25, 0.3) is 0 Å². The molecular weight excluding hydrogens is 381 g/mol. The fourth-order valence-corrected chi connectivity index (χ4v) is 4.19. The molecule has 0 saturated carbocycles. The third-order valence-electron chi connectivity index (χ3n) is 4.86. The number of hydrogen-bond donors (Lipinski definition) is 1. The number of carbonyl (C=O) groups excluding carboxylic acids is 1. The number of Topliss-reactive ketones (excluding diaryl/α,β-unsaturated/α-hetero) is 1. The van der Waals surface area contributed by atoms with Crippen molar-refractivity contribution in [1.82, 2.24) is 9.62 Å². The van der Waals surface area contributed by atoms with E-state index >= 15 is 0 Å². The zero-order valence-electron chi connectivity index (χ0n) is 15.8. The predicted molar refractivity (Wildman–Crippen MR) is 107 cm³/mol. The monoisotopic (exact) mass is 405 g/mol. The molecule has 0 unspecified atom stereocenters. The minimum absolute atomic E-state index is 0.100. The Morgan fingerprint density at radius 3 is 2.18 bits per heavy atom. The van der Waals surface area contributed by atoms with Crippen molar-refractivity contribution in [1.29, 1.82) is 0 Å². The van der Waals surface area contributed by atoms with Crippen molar-refractivity contribution in [3.05, 3.63) is 59.9 Å². The summed E-state index contributed by atoms with van der Waals surface area (Å²) in [6.07, 6.45) is 0. The van der Waals surface area contributed by atoms with Gasteiger partial charge in [0, 0.05) is 50.5 Å². The van der Waals surface area contributed by atoms with Gasteiger partial charge in [-0.1, -0.05) is 12.1 Å². The van der Waals surface area contributed by atoms with E-state index in [1.165, 1.54) is 43.3 Å². The van der Waals surface area contributed by atoms with E-state index in [1.807, 2.05) is 0 Å². The summed E-state index contributed by atoms with van der Waals surface area (Å²) in [5.41, 5.74) is 1.48. The van der Waals surface area contributed by atoms with Crippen molar-refractivity contribution < 1.29 is 17.6 Å². The lowest BCUT2D eigenvalue weighted by molar-refractivity contribution is 0.101. The van der Waals surface area contributed by atoms with E-state index < -0.39 is 10.0 Å². The molecule has 1 aliphatic heterocycles. The van der Waals surface area contributed by atoms with Crippen LogP contribution in [0.5, 0.6) is 0 Å². The molecule has 3 rings (SSSR count). The van der Waals surface area contributed by atoms with Crippen LogP contribution in [-0.2, 0) is 10.0 Å². The molecule has 1 saturated heterocycles. The van der Waals surface area contributed by atoms with Gasteiger partial charge in [-0.3, -0.25) is 9.69 Å². The first-order valence-electron chi connectivity index (χ1n) is 9.19. The molecule has 0 radical (unpaired) electrons. The maximum absolute atomic E-state index is 13.0. The van der Waals surface area contributed by atoms with Crippen molar-refractivity contribution in [2.24, 2.45) is 0 Å². The fraction of sp³-hybridized carbons (Fsp3) is 0.350.